The Kier molecular flexibility index (Phi) is 4.39. The van der Waals surface area contributed by atoms with Crippen LogP contribution in [0.1, 0.15) is 34.1 Å². The molecular formula is C11H17F3O3. The molecule has 1 unspecified atom stereocenters. The number of aliphatic hydroxyl groups is 1. The average Bonchev–Trinajstić information content (AvgIpc) is 1.97. The maximum Gasteiger partial charge on any atom is 0.417 e. The fourth-order valence-electron chi connectivity index (χ4n) is 1.30. The van der Waals surface area contributed by atoms with Crippen molar-refractivity contribution < 1.29 is 27.8 Å². The predicted octanol–water partition coefficient (Wildman–Crippen LogP) is 2.59. The summed E-state index contributed by atoms with van der Waals surface area (Å²) in [6.07, 6.45) is -5.53. The highest BCUT2D eigenvalue weighted by atomic mass is 19.4. The number of rotatable bonds is 4. The smallest absolute Gasteiger partial charge is 0.417 e. The van der Waals surface area contributed by atoms with E-state index >= 15 is 0 Å². The van der Waals surface area contributed by atoms with Gasteiger partial charge in [-0.25, -0.2) is 4.79 Å². The summed E-state index contributed by atoms with van der Waals surface area (Å²) in [7, 11) is 0. The molecule has 17 heavy (non-hydrogen) atoms. The number of carbonyl (C=O) groups excluding carboxylic acids is 1. The lowest BCUT2D eigenvalue weighted by molar-refractivity contribution is -0.267. The van der Waals surface area contributed by atoms with Gasteiger partial charge in [0.1, 0.15) is 5.60 Å². The zero-order valence-electron chi connectivity index (χ0n) is 10.3. The SMILES string of the molecule is C=C(C)C(=O)OC(C)(C)CC(C)(O)C(F)(F)F. The third kappa shape index (κ3) is 4.77. The predicted molar refractivity (Wildman–Crippen MR) is 56.3 cm³/mol. The minimum absolute atomic E-state index is 0.0877. The molecule has 0 spiro atoms. The van der Waals surface area contributed by atoms with Crippen molar-refractivity contribution in [1.82, 2.24) is 0 Å². The first-order valence-electron chi connectivity index (χ1n) is 4.96. The molecule has 0 aromatic carbocycles. The van der Waals surface area contributed by atoms with Crippen LogP contribution in [0.3, 0.4) is 0 Å². The van der Waals surface area contributed by atoms with Gasteiger partial charge in [0.15, 0.2) is 5.60 Å². The number of esters is 1. The molecule has 0 aromatic heterocycles. The standard InChI is InChI=1S/C11H17F3O3/c1-7(2)8(15)17-9(3,4)6-10(5,16)11(12,13)14/h16H,1,6H2,2-5H3. The lowest BCUT2D eigenvalue weighted by Gasteiger charge is -2.34. The maximum atomic E-state index is 12.5. The summed E-state index contributed by atoms with van der Waals surface area (Å²) in [5, 5.41) is 9.30. The highest BCUT2D eigenvalue weighted by molar-refractivity contribution is 5.87. The van der Waals surface area contributed by atoms with Crippen LogP contribution in [0.4, 0.5) is 13.2 Å². The highest BCUT2D eigenvalue weighted by Crippen LogP contribution is 2.37. The molecular weight excluding hydrogens is 237 g/mol. The van der Waals surface area contributed by atoms with E-state index in [4.69, 9.17) is 4.74 Å². The van der Waals surface area contributed by atoms with Crippen LogP contribution >= 0.6 is 0 Å². The second-order valence-corrected chi connectivity index (χ2v) is 4.88. The molecule has 0 saturated carbocycles. The van der Waals surface area contributed by atoms with Gasteiger partial charge in [0.2, 0.25) is 0 Å². The molecule has 0 aliphatic carbocycles. The van der Waals surface area contributed by atoms with E-state index in [1.54, 1.807) is 0 Å². The average molecular weight is 254 g/mol. The van der Waals surface area contributed by atoms with Gasteiger partial charge in [-0.2, -0.15) is 13.2 Å². The van der Waals surface area contributed by atoms with Crippen molar-refractivity contribution in [2.24, 2.45) is 0 Å². The van der Waals surface area contributed by atoms with Crippen LogP contribution in [0.25, 0.3) is 0 Å². The van der Waals surface area contributed by atoms with Gasteiger partial charge in [-0.1, -0.05) is 6.58 Å². The van der Waals surface area contributed by atoms with Crippen molar-refractivity contribution in [1.29, 1.82) is 0 Å². The van der Waals surface area contributed by atoms with Crippen molar-refractivity contribution >= 4 is 5.97 Å². The van der Waals surface area contributed by atoms with Gasteiger partial charge in [-0.3, -0.25) is 0 Å². The van der Waals surface area contributed by atoms with Gasteiger partial charge < -0.3 is 9.84 Å². The minimum atomic E-state index is -4.78. The van der Waals surface area contributed by atoms with Gasteiger partial charge in [0.25, 0.3) is 0 Å². The van der Waals surface area contributed by atoms with Crippen molar-refractivity contribution in [2.75, 3.05) is 0 Å². The lowest BCUT2D eigenvalue weighted by Crippen LogP contribution is -2.48. The minimum Gasteiger partial charge on any atom is -0.456 e. The van der Waals surface area contributed by atoms with E-state index < -0.39 is 29.8 Å². The number of ether oxygens (including phenoxy) is 1. The molecule has 0 aliphatic rings. The Bertz CT molecular complexity index is 316. The van der Waals surface area contributed by atoms with Crippen molar-refractivity contribution in [2.45, 2.75) is 51.5 Å². The second-order valence-electron chi connectivity index (χ2n) is 4.88. The third-order valence-corrected chi connectivity index (χ3v) is 2.10. The van der Waals surface area contributed by atoms with Crippen LogP contribution in [0, 0.1) is 0 Å². The fraction of sp³-hybridized carbons (Fsp3) is 0.727. The van der Waals surface area contributed by atoms with Crippen LogP contribution in [0.15, 0.2) is 12.2 Å². The topological polar surface area (TPSA) is 46.5 Å². The summed E-state index contributed by atoms with van der Waals surface area (Å²) in [6.45, 7) is 7.96. The largest absolute Gasteiger partial charge is 0.456 e. The molecule has 0 heterocycles. The van der Waals surface area contributed by atoms with Crippen LogP contribution in [0.5, 0.6) is 0 Å². The van der Waals surface area contributed by atoms with E-state index in [0.717, 1.165) is 0 Å². The van der Waals surface area contributed by atoms with Crippen LogP contribution in [0.2, 0.25) is 0 Å². The van der Waals surface area contributed by atoms with Crippen LogP contribution in [-0.2, 0) is 9.53 Å². The van der Waals surface area contributed by atoms with Gasteiger partial charge in [0, 0.05) is 12.0 Å². The van der Waals surface area contributed by atoms with E-state index in [-0.39, 0.29) is 5.57 Å². The lowest BCUT2D eigenvalue weighted by atomic mass is 9.90. The van der Waals surface area contributed by atoms with Gasteiger partial charge >= 0.3 is 12.1 Å². The number of alkyl halides is 3. The molecule has 100 valence electrons. The monoisotopic (exact) mass is 254 g/mol. The first-order valence-corrected chi connectivity index (χ1v) is 4.96. The Morgan fingerprint density at radius 2 is 1.71 bits per heavy atom. The zero-order valence-corrected chi connectivity index (χ0v) is 10.3. The molecule has 6 heteroatoms. The van der Waals surface area contributed by atoms with Crippen molar-refractivity contribution in [3.8, 4) is 0 Å². The van der Waals surface area contributed by atoms with Gasteiger partial charge in [0.05, 0.1) is 0 Å². The summed E-state index contributed by atoms with van der Waals surface area (Å²) >= 11 is 0. The maximum absolute atomic E-state index is 12.5. The Morgan fingerprint density at radius 1 is 1.29 bits per heavy atom. The van der Waals surface area contributed by atoms with Crippen molar-refractivity contribution in [3.05, 3.63) is 12.2 Å². The molecule has 1 atom stereocenters. The van der Waals surface area contributed by atoms with Crippen molar-refractivity contribution in [3.63, 3.8) is 0 Å². The molecule has 0 amide bonds. The Morgan fingerprint density at radius 3 is 2.00 bits per heavy atom. The quantitative estimate of drug-likeness (QED) is 0.619. The summed E-state index contributed by atoms with van der Waals surface area (Å²) in [5.41, 5.74) is -4.26. The molecule has 0 aliphatic heterocycles. The van der Waals surface area contributed by atoms with E-state index in [1.807, 2.05) is 0 Å². The van der Waals surface area contributed by atoms with Crippen LogP contribution in [-0.4, -0.2) is 28.5 Å². The molecule has 0 rings (SSSR count). The number of hydrogen-bond acceptors (Lipinski definition) is 3. The normalized spacial score (nSPS) is 16.2. The first-order chi connectivity index (χ1) is 7.28. The number of hydrogen-bond donors (Lipinski definition) is 1. The van der Waals surface area contributed by atoms with E-state index in [2.05, 4.69) is 6.58 Å². The number of carbonyl (C=O) groups is 1. The van der Waals surface area contributed by atoms with E-state index in [1.165, 1.54) is 20.8 Å². The Balaban J connectivity index is 4.77. The molecule has 0 fully saturated rings. The summed E-state index contributed by atoms with van der Waals surface area (Å²) in [6, 6.07) is 0. The van der Waals surface area contributed by atoms with E-state index in [0.29, 0.717) is 6.92 Å². The molecule has 0 radical (unpaired) electrons. The summed E-state index contributed by atoms with van der Waals surface area (Å²) in [5.74, 6) is -0.784. The zero-order chi connectivity index (χ0) is 14.1. The molecule has 0 saturated heterocycles. The first kappa shape index (κ1) is 16.0. The molecule has 3 nitrogen and oxygen atoms in total. The second kappa shape index (κ2) is 4.68. The third-order valence-electron chi connectivity index (χ3n) is 2.10. The fourth-order valence-corrected chi connectivity index (χ4v) is 1.30. The highest BCUT2D eigenvalue weighted by Gasteiger charge is 2.53. The summed E-state index contributed by atoms with van der Waals surface area (Å²) in [4.78, 5) is 11.2. The number of halogens is 3. The Hall–Kier alpha value is -1.04. The van der Waals surface area contributed by atoms with Crippen LogP contribution < -0.4 is 0 Å². The molecule has 0 bridgehead atoms. The van der Waals surface area contributed by atoms with Gasteiger partial charge in [-0.05, 0) is 27.7 Å². The van der Waals surface area contributed by atoms with Gasteiger partial charge in [-0.15, -0.1) is 0 Å². The van der Waals surface area contributed by atoms with E-state index in [9.17, 15) is 23.1 Å². The molecule has 0 aromatic rings. The summed E-state index contributed by atoms with van der Waals surface area (Å²) < 4.78 is 42.2. The molecule has 1 N–H and O–H groups in total. The Labute approximate surface area is 98.3 Å².